The standard InChI is InChI=1S/C22H31N3O5/c1-21(2,3)14-8-10-22(11-9-14)19(27)25(20(28)24-22)13-18(26)23-16-7-6-15(29-4)12-17(16)30-5/h6-7,12,14H,8-11,13H2,1-5H3,(H,23,26)(H,24,28). The predicted molar refractivity (Wildman–Crippen MR) is 113 cm³/mol. The van der Waals surface area contributed by atoms with Crippen molar-refractivity contribution in [2.75, 3.05) is 26.1 Å². The zero-order chi connectivity index (χ0) is 22.1. The molecule has 1 heterocycles. The number of hydrogen-bond acceptors (Lipinski definition) is 5. The van der Waals surface area contributed by atoms with Gasteiger partial charge in [0.05, 0.1) is 19.9 Å². The van der Waals surface area contributed by atoms with Crippen molar-refractivity contribution in [2.45, 2.75) is 52.0 Å². The van der Waals surface area contributed by atoms with Gasteiger partial charge in [-0.2, -0.15) is 0 Å². The van der Waals surface area contributed by atoms with E-state index in [0.29, 0.717) is 35.9 Å². The number of urea groups is 1. The molecular weight excluding hydrogens is 386 g/mol. The van der Waals surface area contributed by atoms with Crippen molar-refractivity contribution in [3.05, 3.63) is 18.2 Å². The Kier molecular flexibility index (Phi) is 5.97. The number of rotatable bonds is 5. The number of amides is 4. The second kappa shape index (κ2) is 8.16. The van der Waals surface area contributed by atoms with Crippen LogP contribution in [0.3, 0.4) is 0 Å². The highest BCUT2D eigenvalue weighted by Gasteiger charge is 2.53. The zero-order valence-electron chi connectivity index (χ0n) is 18.3. The van der Waals surface area contributed by atoms with E-state index in [0.717, 1.165) is 17.7 Å². The molecule has 4 amide bonds. The van der Waals surface area contributed by atoms with Gasteiger partial charge in [-0.25, -0.2) is 4.79 Å². The molecule has 2 N–H and O–H groups in total. The number of ether oxygens (including phenoxy) is 2. The van der Waals surface area contributed by atoms with Crippen LogP contribution in [0.2, 0.25) is 0 Å². The molecule has 164 valence electrons. The fraction of sp³-hybridized carbons (Fsp3) is 0.591. The molecule has 3 rings (SSSR count). The maximum Gasteiger partial charge on any atom is 0.325 e. The molecule has 0 radical (unpaired) electrons. The summed E-state index contributed by atoms with van der Waals surface area (Å²) in [7, 11) is 3.02. The highest BCUT2D eigenvalue weighted by Crippen LogP contribution is 2.43. The van der Waals surface area contributed by atoms with Gasteiger partial charge in [-0.15, -0.1) is 0 Å². The summed E-state index contributed by atoms with van der Waals surface area (Å²) in [5, 5.41) is 5.57. The van der Waals surface area contributed by atoms with Gasteiger partial charge in [0, 0.05) is 6.07 Å². The van der Waals surface area contributed by atoms with Crippen LogP contribution in [-0.2, 0) is 9.59 Å². The van der Waals surface area contributed by atoms with Gasteiger partial charge in [0.2, 0.25) is 5.91 Å². The van der Waals surface area contributed by atoms with Crippen molar-refractivity contribution >= 4 is 23.5 Å². The van der Waals surface area contributed by atoms with Crippen molar-refractivity contribution in [3.63, 3.8) is 0 Å². The van der Waals surface area contributed by atoms with Crippen LogP contribution in [0.5, 0.6) is 11.5 Å². The van der Waals surface area contributed by atoms with Crippen molar-refractivity contribution < 1.29 is 23.9 Å². The molecule has 1 aliphatic carbocycles. The van der Waals surface area contributed by atoms with Gasteiger partial charge in [0.1, 0.15) is 23.6 Å². The number of hydrogen-bond donors (Lipinski definition) is 2. The first-order valence-electron chi connectivity index (χ1n) is 10.3. The third-order valence-electron chi connectivity index (χ3n) is 6.29. The molecule has 30 heavy (non-hydrogen) atoms. The van der Waals surface area contributed by atoms with Crippen molar-refractivity contribution in [2.24, 2.45) is 11.3 Å². The van der Waals surface area contributed by atoms with E-state index in [1.54, 1.807) is 18.2 Å². The first-order chi connectivity index (χ1) is 14.1. The minimum Gasteiger partial charge on any atom is -0.497 e. The van der Waals surface area contributed by atoms with E-state index in [1.165, 1.54) is 14.2 Å². The van der Waals surface area contributed by atoms with E-state index >= 15 is 0 Å². The first-order valence-corrected chi connectivity index (χ1v) is 10.3. The molecule has 1 spiro atoms. The van der Waals surface area contributed by atoms with Crippen molar-refractivity contribution in [3.8, 4) is 11.5 Å². The lowest BCUT2D eigenvalue weighted by Gasteiger charge is -2.40. The summed E-state index contributed by atoms with van der Waals surface area (Å²) >= 11 is 0. The van der Waals surface area contributed by atoms with Crippen LogP contribution in [-0.4, -0.2) is 49.0 Å². The molecule has 1 aliphatic heterocycles. The first kappa shape index (κ1) is 21.9. The van der Waals surface area contributed by atoms with Gasteiger partial charge >= 0.3 is 6.03 Å². The molecule has 0 atom stereocenters. The summed E-state index contributed by atoms with van der Waals surface area (Å²) in [6, 6.07) is 4.48. The summed E-state index contributed by atoms with van der Waals surface area (Å²) < 4.78 is 10.4. The smallest absolute Gasteiger partial charge is 0.325 e. The van der Waals surface area contributed by atoms with E-state index in [2.05, 4.69) is 31.4 Å². The molecule has 8 heteroatoms. The van der Waals surface area contributed by atoms with Gasteiger partial charge in [0.15, 0.2) is 0 Å². The van der Waals surface area contributed by atoms with Gasteiger partial charge in [-0.05, 0) is 49.1 Å². The molecular formula is C22H31N3O5. The van der Waals surface area contributed by atoms with Crippen molar-refractivity contribution in [1.82, 2.24) is 10.2 Å². The molecule has 8 nitrogen and oxygen atoms in total. The number of methoxy groups -OCH3 is 2. The van der Waals surface area contributed by atoms with Crippen LogP contribution in [0.25, 0.3) is 0 Å². The second-order valence-electron chi connectivity index (χ2n) is 9.16. The number of benzene rings is 1. The monoisotopic (exact) mass is 417 g/mol. The average Bonchev–Trinajstić information content (AvgIpc) is 2.92. The Morgan fingerprint density at radius 2 is 1.87 bits per heavy atom. The maximum atomic E-state index is 13.1. The predicted octanol–water partition coefficient (Wildman–Crippen LogP) is 3.17. The van der Waals surface area contributed by atoms with Crippen LogP contribution >= 0.6 is 0 Å². The van der Waals surface area contributed by atoms with Crippen LogP contribution in [0, 0.1) is 11.3 Å². The number of imide groups is 1. The molecule has 1 aromatic rings. The Bertz CT molecular complexity index is 838. The lowest BCUT2D eigenvalue weighted by molar-refractivity contribution is -0.135. The zero-order valence-corrected chi connectivity index (χ0v) is 18.3. The maximum absolute atomic E-state index is 13.1. The molecule has 2 fully saturated rings. The minimum absolute atomic E-state index is 0.171. The average molecular weight is 418 g/mol. The molecule has 0 aromatic heterocycles. The SMILES string of the molecule is COc1ccc(NC(=O)CN2C(=O)NC3(CCC(C(C)(C)C)CC3)C2=O)c(OC)c1. The van der Waals surface area contributed by atoms with Crippen LogP contribution < -0.4 is 20.1 Å². The van der Waals surface area contributed by atoms with Crippen molar-refractivity contribution in [1.29, 1.82) is 0 Å². The number of carbonyl (C=O) groups excluding carboxylic acids is 3. The quantitative estimate of drug-likeness (QED) is 0.718. The summed E-state index contributed by atoms with van der Waals surface area (Å²) in [5.41, 5.74) is -0.267. The summed E-state index contributed by atoms with van der Waals surface area (Å²) in [5.74, 6) is 0.746. The molecule has 1 aromatic carbocycles. The lowest BCUT2D eigenvalue weighted by Crippen LogP contribution is -2.50. The highest BCUT2D eigenvalue weighted by atomic mass is 16.5. The minimum atomic E-state index is -0.878. The van der Waals surface area contributed by atoms with Crippen LogP contribution in [0.15, 0.2) is 18.2 Å². The third-order valence-corrected chi connectivity index (χ3v) is 6.29. The molecule has 2 aliphatic rings. The third kappa shape index (κ3) is 4.22. The summed E-state index contributed by atoms with van der Waals surface area (Å²) in [6.45, 7) is 6.27. The van der Waals surface area contributed by atoms with E-state index in [1.807, 2.05) is 0 Å². The Morgan fingerprint density at radius 3 is 2.43 bits per heavy atom. The summed E-state index contributed by atoms with van der Waals surface area (Å²) in [4.78, 5) is 39.2. The van der Waals surface area contributed by atoms with Gasteiger partial charge in [-0.3, -0.25) is 14.5 Å². The second-order valence-corrected chi connectivity index (χ2v) is 9.16. The number of carbonyl (C=O) groups is 3. The van der Waals surface area contributed by atoms with Gasteiger partial charge in [0.25, 0.3) is 5.91 Å². The van der Waals surface area contributed by atoms with Gasteiger partial charge < -0.3 is 20.1 Å². The van der Waals surface area contributed by atoms with E-state index in [9.17, 15) is 14.4 Å². The molecule has 0 unspecified atom stereocenters. The molecule has 1 saturated heterocycles. The molecule has 1 saturated carbocycles. The topological polar surface area (TPSA) is 97.0 Å². The normalized spacial score (nSPS) is 24.0. The largest absolute Gasteiger partial charge is 0.497 e. The molecule has 0 bridgehead atoms. The van der Waals surface area contributed by atoms with E-state index < -0.39 is 17.5 Å². The van der Waals surface area contributed by atoms with Crippen LogP contribution in [0.4, 0.5) is 10.5 Å². The highest BCUT2D eigenvalue weighted by molar-refractivity contribution is 6.10. The number of nitrogens with zero attached hydrogens (tertiary/aromatic N) is 1. The number of anilines is 1. The van der Waals surface area contributed by atoms with Crippen LogP contribution in [0.1, 0.15) is 46.5 Å². The Hall–Kier alpha value is -2.77. The fourth-order valence-electron chi connectivity index (χ4n) is 4.37. The van der Waals surface area contributed by atoms with E-state index in [-0.39, 0.29) is 17.9 Å². The number of nitrogens with one attached hydrogen (secondary N) is 2. The fourth-order valence-corrected chi connectivity index (χ4v) is 4.37. The Labute approximate surface area is 177 Å². The Morgan fingerprint density at radius 1 is 1.20 bits per heavy atom. The Balaban J connectivity index is 1.66. The van der Waals surface area contributed by atoms with E-state index in [4.69, 9.17) is 9.47 Å². The summed E-state index contributed by atoms with van der Waals surface area (Å²) in [6.07, 6.45) is 2.95. The van der Waals surface area contributed by atoms with Gasteiger partial charge in [-0.1, -0.05) is 20.8 Å². The lowest BCUT2D eigenvalue weighted by atomic mass is 9.67.